The van der Waals surface area contributed by atoms with E-state index in [4.69, 9.17) is 4.74 Å². The van der Waals surface area contributed by atoms with Crippen molar-refractivity contribution in [2.75, 3.05) is 19.7 Å². The van der Waals surface area contributed by atoms with Gasteiger partial charge in [0.1, 0.15) is 0 Å². The molecule has 1 aromatic carbocycles. The molecule has 1 aromatic rings. The molecule has 0 aliphatic carbocycles. The molecule has 0 spiro atoms. The fourth-order valence-electron chi connectivity index (χ4n) is 3.81. The standard InChI is InChI=1S/C20H30N2O2/c1-20(2)14-18(9-12-24-20)21-19(23)17-8-6-7-16(13-17)15-22-10-4-3-5-11-22/h6-8,13,18H,3-5,9-12,14-15H2,1-2H3,(H,21,23)/t18-/m0/s1. The van der Waals surface area contributed by atoms with Gasteiger partial charge in [-0.05, 0) is 70.3 Å². The minimum Gasteiger partial charge on any atom is -0.375 e. The average molecular weight is 330 g/mol. The summed E-state index contributed by atoms with van der Waals surface area (Å²) < 4.78 is 5.73. The highest BCUT2D eigenvalue weighted by Crippen LogP contribution is 2.24. The number of hydrogen-bond donors (Lipinski definition) is 1. The van der Waals surface area contributed by atoms with Crippen molar-refractivity contribution >= 4 is 5.91 Å². The normalized spacial score (nSPS) is 24.5. The number of benzene rings is 1. The summed E-state index contributed by atoms with van der Waals surface area (Å²) in [7, 11) is 0. The fourth-order valence-corrected chi connectivity index (χ4v) is 3.81. The maximum absolute atomic E-state index is 12.6. The maximum Gasteiger partial charge on any atom is 0.251 e. The Bertz CT molecular complexity index is 565. The van der Waals surface area contributed by atoms with E-state index in [1.54, 1.807) is 0 Å². The number of nitrogens with zero attached hydrogens (tertiary/aromatic N) is 1. The molecule has 1 amide bonds. The SMILES string of the molecule is CC1(C)C[C@@H](NC(=O)c2cccc(CN3CCCCC3)c2)CCO1. The quantitative estimate of drug-likeness (QED) is 0.920. The summed E-state index contributed by atoms with van der Waals surface area (Å²) in [4.78, 5) is 15.1. The van der Waals surface area contributed by atoms with E-state index in [0.717, 1.165) is 24.9 Å². The molecule has 4 heteroatoms. The van der Waals surface area contributed by atoms with Crippen molar-refractivity contribution in [3.8, 4) is 0 Å². The van der Waals surface area contributed by atoms with Gasteiger partial charge in [-0.15, -0.1) is 0 Å². The molecular formula is C20H30N2O2. The molecule has 2 heterocycles. The Morgan fingerprint density at radius 2 is 2.08 bits per heavy atom. The van der Waals surface area contributed by atoms with Gasteiger partial charge < -0.3 is 10.1 Å². The molecule has 24 heavy (non-hydrogen) atoms. The van der Waals surface area contributed by atoms with Gasteiger partial charge in [-0.25, -0.2) is 0 Å². The molecule has 0 radical (unpaired) electrons. The number of hydrogen-bond acceptors (Lipinski definition) is 3. The first-order valence-corrected chi connectivity index (χ1v) is 9.28. The van der Waals surface area contributed by atoms with Crippen LogP contribution in [0.1, 0.15) is 61.9 Å². The third-order valence-electron chi connectivity index (χ3n) is 5.08. The topological polar surface area (TPSA) is 41.6 Å². The first kappa shape index (κ1) is 17.4. The van der Waals surface area contributed by atoms with Gasteiger partial charge in [0.15, 0.2) is 0 Å². The average Bonchev–Trinajstić information content (AvgIpc) is 2.55. The highest BCUT2D eigenvalue weighted by atomic mass is 16.5. The molecule has 2 aliphatic rings. The second kappa shape index (κ2) is 7.66. The van der Waals surface area contributed by atoms with E-state index in [9.17, 15) is 4.79 Å². The third kappa shape index (κ3) is 4.81. The van der Waals surface area contributed by atoms with Crippen molar-refractivity contribution in [1.82, 2.24) is 10.2 Å². The summed E-state index contributed by atoms with van der Waals surface area (Å²) in [6.07, 6.45) is 5.69. The summed E-state index contributed by atoms with van der Waals surface area (Å²) in [5, 5.41) is 3.19. The number of piperidine rings is 1. The van der Waals surface area contributed by atoms with E-state index in [2.05, 4.69) is 36.2 Å². The Morgan fingerprint density at radius 3 is 2.83 bits per heavy atom. The van der Waals surface area contributed by atoms with E-state index < -0.39 is 0 Å². The molecular weight excluding hydrogens is 300 g/mol. The lowest BCUT2D eigenvalue weighted by Crippen LogP contribution is -2.45. The van der Waals surface area contributed by atoms with Gasteiger partial charge in [0.25, 0.3) is 5.91 Å². The molecule has 2 saturated heterocycles. The van der Waals surface area contributed by atoms with E-state index in [1.807, 2.05) is 12.1 Å². The first-order valence-electron chi connectivity index (χ1n) is 9.28. The third-order valence-corrected chi connectivity index (χ3v) is 5.08. The minimum absolute atomic E-state index is 0.0400. The zero-order chi connectivity index (χ0) is 17.0. The van der Waals surface area contributed by atoms with E-state index in [0.29, 0.717) is 6.61 Å². The summed E-state index contributed by atoms with van der Waals surface area (Å²) in [5.74, 6) is 0.0400. The van der Waals surface area contributed by atoms with Crippen LogP contribution < -0.4 is 5.32 Å². The Labute approximate surface area is 145 Å². The molecule has 2 fully saturated rings. The highest BCUT2D eigenvalue weighted by Gasteiger charge is 2.29. The van der Waals surface area contributed by atoms with Crippen LogP contribution in [-0.2, 0) is 11.3 Å². The molecule has 132 valence electrons. The van der Waals surface area contributed by atoms with E-state index in [-0.39, 0.29) is 17.6 Å². The Hall–Kier alpha value is -1.39. The number of rotatable bonds is 4. The molecule has 3 rings (SSSR count). The van der Waals surface area contributed by atoms with Crippen molar-refractivity contribution < 1.29 is 9.53 Å². The smallest absolute Gasteiger partial charge is 0.251 e. The van der Waals surface area contributed by atoms with E-state index in [1.165, 1.54) is 37.9 Å². The first-order chi connectivity index (χ1) is 11.5. The Kier molecular flexibility index (Phi) is 5.57. The number of carbonyl (C=O) groups is 1. The van der Waals surface area contributed by atoms with Crippen molar-refractivity contribution in [3.63, 3.8) is 0 Å². The number of nitrogens with one attached hydrogen (secondary N) is 1. The van der Waals surface area contributed by atoms with Gasteiger partial charge in [-0.1, -0.05) is 18.6 Å². The van der Waals surface area contributed by atoms with Gasteiger partial charge in [0, 0.05) is 24.8 Å². The van der Waals surface area contributed by atoms with E-state index >= 15 is 0 Å². The van der Waals surface area contributed by atoms with Crippen LogP contribution in [0.2, 0.25) is 0 Å². The van der Waals surface area contributed by atoms with Crippen LogP contribution in [0.25, 0.3) is 0 Å². The zero-order valence-electron chi connectivity index (χ0n) is 15.0. The van der Waals surface area contributed by atoms with Gasteiger partial charge in [-0.3, -0.25) is 9.69 Å². The van der Waals surface area contributed by atoms with Crippen LogP contribution in [0, 0.1) is 0 Å². The van der Waals surface area contributed by atoms with Gasteiger partial charge in [-0.2, -0.15) is 0 Å². The van der Waals surface area contributed by atoms with Crippen LogP contribution in [0.4, 0.5) is 0 Å². The number of likely N-dealkylation sites (tertiary alicyclic amines) is 1. The molecule has 0 aromatic heterocycles. The van der Waals surface area contributed by atoms with Crippen LogP contribution in [-0.4, -0.2) is 42.1 Å². The molecule has 1 atom stereocenters. The lowest BCUT2D eigenvalue weighted by molar-refractivity contribution is -0.0615. The molecule has 1 N–H and O–H groups in total. The van der Waals surface area contributed by atoms with Crippen LogP contribution in [0.5, 0.6) is 0 Å². The Morgan fingerprint density at radius 1 is 1.29 bits per heavy atom. The summed E-state index contributed by atoms with van der Waals surface area (Å²) in [6, 6.07) is 8.30. The Balaban J connectivity index is 1.59. The lowest BCUT2D eigenvalue weighted by atomic mass is 9.93. The molecule has 4 nitrogen and oxygen atoms in total. The van der Waals surface area contributed by atoms with Crippen molar-refractivity contribution in [2.45, 2.75) is 64.1 Å². The van der Waals surface area contributed by atoms with Crippen LogP contribution in [0.3, 0.4) is 0 Å². The second-order valence-corrected chi connectivity index (χ2v) is 7.81. The lowest BCUT2D eigenvalue weighted by Gasteiger charge is -2.35. The van der Waals surface area contributed by atoms with Crippen molar-refractivity contribution in [1.29, 1.82) is 0 Å². The van der Waals surface area contributed by atoms with Gasteiger partial charge >= 0.3 is 0 Å². The van der Waals surface area contributed by atoms with Gasteiger partial charge in [0.05, 0.1) is 5.60 Å². The van der Waals surface area contributed by atoms with Crippen LogP contribution >= 0.6 is 0 Å². The van der Waals surface area contributed by atoms with Crippen molar-refractivity contribution in [3.05, 3.63) is 35.4 Å². The zero-order valence-corrected chi connectivity index (χ0v) is 15.0. The minimum atomic E-state index is -0.147. The molecule has 2 aliphatic heterocycles. The van der Waals surface area contributed by atoms with Gasteiger partial charge in [0.2, 0.25) is 0 Å². The molecule has 0 bridgehead atoms. The summed E-state index contributed by atoms with van der Waals surface area (Å²) in [5.41, 5.74) is 1.86. The monoisotopic (exact) mass is 330 g/mol. The second-order valence-electron chi connectivity index (χ2n) is 7.81. The predicted octanol–water partition coefficient (Wildman–Crippen LogP) is 3.36. The number of carbonyl (C=O) groups excluding carboxylic acids is 1. The maximum atomic E-state index is 12.6. The fraction of sp³-hybridized carbons (Fsp3) is 0.650. The predicted molar refractivity (Wildman–Crippen MR) is 96.1 cm³/mol. The van der Waals surface area contributed by atoms with Crippen LogP contribution in [0.15, 0.2) is 24.3 Å². The summed E-state index contributed by atoms with van der Waals surface area (Å²) >= 11 is 0. The molecule has 0 unspecified atom stereocenters. The largest absolute Gasteiger partial charge is 0.375 e. The number of amides is 1. The van der Waals surface area contributed by atoms with Crippen molar-refractivity contribution in [2.24, 2.45) is 0 Å². The summed E-state index contributed by atoms with van der Waals surface area (Å²) in [6.45, 7) is 8.19. The molecule has 0 saturated carbocycles. The highest BCUT2D eigenvalue weighted by molar-refractivity contribution is 5.94. The number of ether oxygens (including phenoxy) is 1.